The van der Waals surface area contributed by atoms with Crippen molar-refractivity contribution in [2.45, 2.75) is 25.4 Å². The molecular weight excluding hydrogens is 209 g/mol. The molecule has 0 spiro atoms. The van der Waals surface area contributed by atoms with Crippen LogP contribution < -0.4 is 5.32 Å². The van der Waals surface area contributed by atoms with E-state index in [-0.39, 0.29) is 5.75 Å². The van der Waals surface area contributed by atoms with Crippen molar-refractivity contribution in [3.8, 4) is 5.75 Å². The number of para-hydroxylation sites is 1. The van der Waals surface area contributed by atoms with Crippen LogP contribution in [0, 0.1) is 5.82 Å². The van der Waals surface area contributed by atoms with Crippen molar-refractivity contribution >= 4 is 0 Å². The van der Waals surface area contributed by atoms with Crippen LogP contribution in [-0.2, 0) is 11.3 Å². The molecule has 0 radical (unpaired) electrons. The van der Waals surface area contributed by atoms with Crippen LogP contribution >= 0.6 is 0 Å². The number of hydrogen-bond acceptors (Lipinski definition) is 3. The van der Waals surface area contributed by atoms with Crippen LogP contribution in [-0.4, -0.2) is 24.4 Å². The summed E-state index contributed by atoms with van der Waals surface area (Å²) in [5.41, 5.74) is 0.588. The molecule has 1 unspecified atom stereocenters. The van der Waals surface area contributed by atoms with Gasteiger partial charge in [0.05, 0.1) is 6.61 Å². The van der Waals surface area contributed by atoms with Crippen LogP contribution in [0.15, 0.2) is 18.2 Å². The number of nitrogens with one attached hydrogen (secondary N) is 1. The van der Waals surface area contributed by atoms with Crippen molar-refractivity contribution in [2.24, 2.45) is 0 Å². The molecular formula is C12H16FNO2. The molecule has 1 heterocycles. The van der Waals surface area contributed by atoms with E-state index in [1.54, 1.807) is 12.1 Å². The lowest BCUT2D eigenvalue weighted by Crippen LogP contribution is -2.36. The van der Waals surface area contributed by atoms with E-state index < -0.39 is 5.82 Å². The van der Waals surface area contributed by atoms with Gasteiger partial charge in [-0.25, -0.2) is 4.39 Å². The van der Waals surface area contributed by atoms with Gasteiger partial charge in [-0.05, 0) is 18.9 Å². The maximum atomic E-state index is 13.0. The average molecular weight is 225 g/mol. The van der Waals surface area contributed by atoms with Crippen LogP contribution in [0.3, 0.4) is 0 Å². The largest absolute Gasteiger partial charge is 0.505 e. The summed E-state index contributed by atoms with van der Waals surface area (Å²) in [5.74, 6) is -0.828. The fourth-order valence-electron chi connectivity index (χ4n) is 1.86. The van der Waals surface area contributed by atoms with Gasteiger partial charge < -0.3 is 15.2 Å². The minimum absolute atomic E-state index is 0.258. The molecule has 16 heavy (non-hydrogen) atoms. The summed E-state index contributed by atoms with van der Waals surface area (Å²) in [7, 11) is 0. The number of phenols is 1. The van der Waals surface area contributed by atoms with E-state index in [0.29, 0.717) is 24.8 Å². The van der Waals surface area contributed by atoms with E-state index in [0.717, 1.165) is 19.4 Å². The molecule has 0 aliphatic carbocycles. The number of ether oxygens (including phenoxy) is 1. The molecule has 1 fully saturated rings. The van der Waals surface area contributed by atoms with E-state index in [1.165, 1.54) is 6.07 Å². The smallest absolute Gasteiger partial charge is 0.165 e. The molecule has 1 aliphatic heterocycles. The third kappa shape index (κ3) is 2.71. The van der Waals surface area contributed by atoms with Crippen molar-refractivity contribution in [1.29, 1.82) is 0 Å². The molecule has 2 N–H and O–H groups in total. The summed E-state index contributed by atoms with van der Waals surface area (Å²) in [6, 6.07) is 4.87. The summed E-state index contributed by atoms with van der Waals surface area (Å²) in [4.78, 5) is 0. The quantitative estimate of drug-likeness (QED) is 0.824. The van der Waals surface area contributed by atoms with E-state index in [1.807, 2.05) is 0 Å². The zero-order valence-electron chi connectivity index (χ0n) is 9.08. The van der Waals surface area contributed by atoms with Crippen LogP contribution in [0.5, 0.6) is 5.75 Å². The Morgan fingerprint density at radius 1 is 1.50 bits per heavy atom. The molecule has 3 nitrogen and oxygen atoms in total. The first-order valence-electron chi connectivity index (χ1n) is 5.55. The third-order valence-electron chi connectivity index (χ3n) is 2.81. The molecule has 2 rings (SSSR count). The standard InChI is InChI=1S/C12H16FNO2/c13-11-5-1-3-9(12(11)15)7-14-10-4-2-6-16-8-10/h1,3,5,10,14-15H,2,4,6-8H2. The number of hydrogen-bond donors (Lipinski definition) is 2. The highest BCUT2D eigenvalue weighted by Crippen LogP contribution is 2.20. The lowest BCUT2D eigenvalue weighted by atomic mass is 10.1. The fraction of sp³-hybridized carbons (Fsp3) is 0.500. The second-order valence-corrected chi connectivity index (χ2v) is 4.04. The number of halogens is 1. The Labute approximate surface area is 94.2 Å². The Kier molecular flexibility index (Phi) is 3.74. The summed E-state index contributed by atoms with van der Waals surface area (Å²) in [6.07, 6.45) is 2.11. The van der Waals surface area contributed by atoms with Crippen LogP contribution in [0.1, 0.15) is 18.4 Å². The van der Waals surface area contributed by atoms with Gasteiger partial charge >= 0.3 is 0 Å². The SMILES string of the molecule is Oc1c(F)cccc1CNC1CCCOC1. The monoisotopic (exact) mass is 225 g/mol. The Bertz CT molecular complexity index is 351. The lowest BCUT2D eigenvalue weighted by molar-refractivity contribution is 0.0698. The molecule has 88 valence electrons. The molecule has 0 saturated carbocycles. The average Bonchev–Trinajstić information content (AvgIpc) is 2.32. The molecule has 0 amide bonds. The van der Waals surface area contributed by atoms with Gasteiger partial charge in [0.25, 0.3) is 0 Å². The van der Waals surface area contributed by atoms with Crippen molar-refractivity contribution in [2.75, 3.05) is 13.2 Å². The Morgan fingerprint density at radius 2 is 2.38 bits per heavy atom. The first kappa shape index (κ1) is 11.4. The van der Waals surface area contributed by atoms with Gasteiger partial charge in [0.1, 0.15) is 0 Å². The molecule has 0 bridgehead atoms. The predicted octanol–water partition coefficient (Wildman–Crippen LogP) is 1.80. The predicted molar refractivity (Wildman–Crippen MR) is 58.7 cm³/mol. The maximum Gasteiger partial charge on any atom is 0.165 e. The molecule has 4 heteroatoms. The highest BCUT2D eigenvalue weighted by Gasteiger charge is 2.14. The lowest BCUT2D eigenvalue weighted by Gasteiger charge is -2.23. The first-order chi connectivity index (χ1) is 7.77. The van der Waals surface area contributed by atoms with Gasteiger partial charge in [0.15, 0.2) is 11.6 Å². The minimum atomic E-state index is -0.570. The van der Waals surface area contributed by atoms with E-state index in [2.05, 4.69) is 5.32 Å². The highest BCUT2D eigenvalue weighted by molar-refractivity contribution is 5.33. The Morgan fingerprint density at radius 3 is 3.12 bits per heavy atom. The first-order valence-corrected chi connectivity index (χ1v) is 5.55. The molecule has 0 aromatic heterocycles. The van der Waals surface area contributed by atoms with Gasteiger partial charge in [-0.2, -0.15) is 0 Å². The Hall–Kier alpha value is -1.13. The third-order valence-corrected chi connectivity index (χ3v) is 2.81. The number of benzene rings is 1. The normalized spacial score (nSPS) is 20.9. The number of phenolic OH excluding ortho intramolecular Hbond substituents is 1. The van der Waals surface area contributed by atoms with E-state index in [4.69, 9.17) is 4.74 Å². The van der Waals surface area contributed by atoms with Crippen molar-refractivity contribution in [3.05, 3.63) is 29.6 Å². The van der Waals surface area contributed by atoms with Crippen molar-refractivity contribution in [1.82, 2.24) is 5.32 Å². The number of aromatic hydroxyl groups is 1. The van der Waals surface area contributed by atoms with E-state index >= 15 is 0 Å². The van der Waals surface area contributed by atoms with Crippen LogP contribution in [0.2, 0.25) is 0 Å². The summed E-state index contributed by atoms with van der Waals surface area (Å²) in [5, 5.41) is 12.7. The summed E-state index contributed by atoms with van der Waals surface area (Å²) in [6.45, 7) is 1.98. The summed E-state index contributed by atoms with van der Waals surface area (Å²) >= 11 is 0. The van der Waals surface area contributed by atoms with Gasteiger partial charge in [-0.3, -0.25) is 0 Å². The van der Waals surface area contributed by atoms with Gasteiger partial charge in [-0.1, -0.05) is 12.1 Å². The van der Waals surface area contributed by atoms with E-state index in [9.17, 15) is 9.50 Å². The molecule has 1 aliphatic rings. The zero-order valence-corrected chi connectivity index (χ0v) is 9.08. The highest BCUT2D eigenvalue weighted by atomic mass is 19.1. The van der Waals surface area contributed by atoms with Crippen molar-refractivity contribution < 1.29 is 14.2 Å². The fourth-order valence-corrected chi connectivity index (χ4v) is 1.86. The second kappa shape index (κ2) is 5.27. The summed E-state index contributed by atoms with van der Waals surface area (Å²) < 4.78 is 18.4. The van der Waals surface area contributed by atoms with Gasteiger partial charge in [-0.15, -0.1) is 0 Å². The van der Waals surface area contributed by atoms with Gasteiger partial charge in [0, 0.05) is 24.8 Å². The Balaban J connectivity index is 1.91. The topological polar surface area (TPSA) is 41.5 Å². The zero-order chi connectivity index (χ0) is 11.4. The molecule has 1 atom stereocenters. The van der Waals surface area contributed by atoms with Crippen molar-refractivity contribution in [3.63, 3.8) is 0 Å². The number of rotatable bonds is 3. The molecule has 1 saturated heterocycles. The van der Waals surface area contributed by atoms with Gasteiger partial charge in [0.2, 0.25) is 0 Å². The molecule has 1 aromatic rings. The minimum Gasteiger partial charge on any atom is -0.505 e. The van der Waals surface area contributed by atoms with Crippen LogP contribution in [0.4, 0.5) is 4.39 Å². The maximum absolute atomic E-state index is 13.0. The second-order valence-electron chi connectivity index (χ2n) is 4.04. The van der Waals surface area contributed by atoms with Crippen LogP contribution in [0.25, 0.3) is 0 Å². The molecule has 1 aromatic carbocycles.